The van der Waals surface area contributed by atoms with Crippen molar-refractivity contribution in [3.05, 3.63) is 41.0 Å². The van der Waals surface area contributed by atoms with Crippen molar-refractivity contribution in [2.24, 2.45) is 74.9 Å². The molecule has 0 radical (unpaired) electrons. The Hall–Kier alpha value is -3.53. The number of carbonyl (C=O) groups is 5. The van der Waals surface area contributed by atoms with Crippen LogP contribution in [-0.4, -0.2) is 84.7 Å². The van der Waals surface area contributed by atoms with Gasteiger partial charge in [-0.25, -0.2) is 0 Å². The molecule has 6 aliphatic carbocycles. The highest BCUT2D eigenvalue weighted by atomic mass is 16.4. The molecule has 0 aromatic heterocycles. The molecule has 1 aromatic carbocycles. The lowest BCUT2D eigenvalue weighted by atomic mass is 9.35. The monoisotopic (exact) mass is 881 g/mol. The van der Waals surface area contributed by atoms with Gasteiger partial charge in [0.05, 0.1) is 11.5 Å². The van der Waals surface area contributed by atoms with Crippen molar-refractivity contribution in [2.75, 3.05) is 44.7 Å². The van der Waals surface area contributed by atoms with E-state index in [1.165, 1.54) is 5.57 Å². The van der Waals surface area contributed by atoms with E-state index in [-0.39, 0.29) is 63.3 Å². The minimum absolute atomic E-state index is 0.00778. The molecule has 1 saturated heterocycles. The van der Waals surface area contributed by atoms with E-state index in [2.05, 4.69) is 69.0 Å². The summed E-state index contributed by atoms with van der Waals surface area (Å²) in [7, 11) is 2.14. The maximum Gasteiger partial charge on any atom is 0.306 e. The summed E-state index contributed by atoms with van der Waals surface area (Å²) >= 11 is 0. The largest absolute Gasteiger partial charge is 0.481 e. The van der Waals surface area contributed by atoms with Gasteiger partial charge in [-0.05, 0) is 166 Å². The van der Waals surface area contributed by atoms with Crippen LogP contribution in [0.3, 0.4) is 0 Å². The molecule has 1 aliphatic heterocycles. The zero-order chi connectivity index (χ0) is 46.3. The summed E-state index contributed by atoms with van der Waals surface area (Å²) in [5.74, 6) is 1.19. The van der Waals surface area contributed by atoms with Crippen molar-refractivity contribution in [1.82, 2.24) is 15.5 Å². The highest BCUT2D eigenvalue weighted by Crippen LogP contribution is 2.74. The fourth-order valence-corrected chi connectivity index (χ4v) is 16.0. The number of aliphatic carboxylic acids is 1. The number of piperazine rings is 1. The van der Waals surface area contributed by atoms with E-state index in [9.17, 15) is 29.1 Å². The molecule has 10 heteroatoms. The third kappa shape index (κ3) is 8.09. The Bertz CT molecular complexity index is 2050. The second-order valence-corrected chi connectivity index (χ2v) is 24.3. The molecule has 352 valence electrons. The van der Waals surface area contributed by atoms with Gasteiger partial charge in [-0.2, -0.15) is 0 Å². The van der Waals surface area contributed by atoms with Crippen LogP contribution >= 0.6 is 0 Å². The van der Waals surface area contributed by atoms with Crippen molar-refractivity contribution in [3.63, 3.8) is 0 Å². The lowest BCUT2D eigenvalue weighted by molar-refractivity contribution is -0.193. The number of carboxylic acid groups (broad SMARTS) is 1. The quantitative estimate of drug-likeness (QED) is 0.189. The number of benzene rings is 1. The number of carboxylic acids is 1. The second kappa shape index (κ2) is 17.0. The maximum absolute atomic E-state index is 14.2. The molecule has 0 bridgehead atoms. The van der Waals surface area contributed by atoms with Crippen LogP contribution in [-0.2, 0) is 19.2 Å². The first-order valence-electron chi connectivity index (χ1n) is 25.2. The van der Waals surface area contributed by atoms with Gasteiger partial charge in [-0.15, -0.1) is 0 Å². The minimum Gasteiger partial charge on any atom is -0.481 e. The minimum atomic E-state index is -0.770. The summed E-state index contributed by atoms with van der Waals surface area (Å²) in [5.41, 5.74) is 3.19. The van der Waals surface area contributed by atoms with Crippen LogP contribution in [0.25, 0.3) is 0 Å². The highest BCUT2D eigenvalue weighted by Gasteiger charge is 2.66. The molecule has 1 aromatic rings. The van der Waals surface area contributed by atoms with Gasteiger partial charge in [-0.1, -0.05) is 54.0 Å². The fraction of sp³-hybridized carbons (Fsp3) is 0.759. The Labute approximate surface area is 383 Å². The van der Waals surface area contributed by atoms with Crippen molar-refractivity contribution in [1.29, 1.82) is 0 Å². The Morgan fingerprint density at radius 1 is 0.859 bits per heavy atom. The number of nitrogens with one attached hydrogen (secondary N) is 2. The average Bonchev–Trinajstić information content (AvgIpc) is 3.52. The van der Waals surface area contributed by atoms with Gasteiger partial charge in [0.25, 0.3) is 5.91 Å². The Kier molecular flexibility index (Phi) is 12.5. The van der Waals surface area contributed by atoms with E-state index in [1.807, 2.05) is 45.0 Å². The zero-order valence-corrected chi connectivity index (χ0v) is 40.9. The van der Waals surface area contributed by atoms with E-state index < -0.39 is 16.9 Å². The number of amides is 2. The molecule has 64 heavy (non-hydrogen) atoms. The normalized spacial score (nSPS) is 37.2. The standard InChI is InChI=1S/C54H80N4O6/c1-32(2)46-42(60)29-54(30-45(61)55-31-50(4,5)56-48(62)34-11-13-36(14-12-34)58-25-23-57(10)24-26-58)22-18-40-37(47(46)54)15-16-44-52(40,8)21-19-43-51(6,7)35(17-20-53(43,44)9)27-41(59)38-28-39(33(38)3)49(63)64/h11-14,32-33,35,37-40,43-44H,15-31H2,1-10H3,(H,55,61)(H,56,62)(H,63,64). The van der Waals surface area contributed by atoms with Crippen molar-refractivity contribution >= 4 is 35.0 Å². The van der Waals surface area contributed by atoms with E-state index in [0.717, 1.165) is 88.8 Å². The molecule has 10 nitrogen and oxygen atoms in total. The number of hydrogen-bond donors (Lipinski definition) is 3. The van der Waals surface area contributed by atoms with Gasteiger partial charge < -0.3 is 25.5 Å². The van der Waals surface area contributed by atoms with Crippen molar-refractivity contribution in [2.45, 2.75) is 145 Å². The van der Waals surface area contributed by atoms with Crippen LogP contribution in [0.5, 0.6) is 0 Å². The molecule has 8 rings (SSSR count). The summed E-state index contributed by atoms with van der Waals surface area (Å²) in [6.07, 6.45) is 10.3. The first-order valence-corrected chi connectivity index (χ1v) is 25.2. The third-order valence-electron chi connectivity index (χ3n) is 19.6. The summed E-state index contributed by atoms with van der Waals surface area (Å²) in [6, 6.07) is 7.82. The van der Waals surface area contributed by atoms with Crippen LogP contribution in [0.4, 0.5) is 5.69 Å². The number of anilines is 1. The van der Waals surface area contributed by atoms with Gasteiger partial charge in [0.2, 0.25) is 5.91 Å². The Balaban J connectivity index is 0.927. The molecule has 0 spiro atoms. The molecule has 7 aliphatic rings. The highest BCUT2D eigenvalue weighted by molar-refractivity contribution is 6.01. The second-order valence-electron chi connectivity index (χ2n) is 24.3. The van der Waals surface area contributed by atoms with Gasteiger partial charge in [0.1, 0.15) is 5.78 Å². The van der Waals surface area contributed by atoms with E-state index >= 15 is 0 Å². The lowest BCUT2D eigenvalue weighted by Crippen LogP contribution is -2.62. The number of hydrogen-bond acceptors (Lipinski definition) is 7. The molecule has 11 atom stereocenters. The predicted molar refractivity (Wildman–Crippen MR) is 252 cm³/mol. The summed E-state index contributed by atoms with van der Waals surface area (Å²) < 4.78 is 0. The molecule has 6 fully saturated rings. The van der Waals surface area contributed by atoms with Gasteiger partial charge in [-0.3, -0.25) is 24.0 Å². The number of Topliss-reactive ketones (excluding diaryl/α,β-unsaturated/α-hetero) is 2. The maximum atomic E-state index is 14.2. The lowest BCUT2D eigenvalue weighted by Gasteiger charge is -2.69. The molecule has 11 unspecified atom stereocenters. The van der Waals surface area contributed by atoms with Crippen LogP contribution in [0.1, 0.15) is 150 Å². The molecule has 3 N–H and O–H groups in total. The van der Waals surface area contributed by atoms with Crippen LogP contribution in [0.2, 0.25) is 0 Å². The molecule has 1 heterocycles. The zero-order valence-electron chi connectivity index (χ0n) is 40.9. The number of ketones is 2. The number of likely N-dealkylation sites (N-methyl/N-ethyl adjacent to an activating group) is 1. The van der Waals surface area contributed by atoms with E-state index in [0.29, 0.717) is 67.4 Å². The van der Waals surface area contributed by atoms with E-state index in [1.54, 1.807) is 0 Å². The summed E-state index contributed by atoms with van der Waals surface area (Å²) in [4.78, 5) is 71.7. The van der Waals surface area contributed by atoms with Crippen LogP contribution in [0.15, 0.2) is 35.4 Å². The number of nitrogens with zero attached hydrogens (tertiary/aromatic N) is 2. The number of rotatable bonds is 12. The summed E-state index contributed by atoms with van der Waals surface area (Å²) in [5, 5.41) is 15.9. The smallest absolute Gasteiger partial charge is 0.306 e. The topological polar surface area (TPSA) is 136 Å². The molecule has 2 amide bonds. The number of allylic oxidation sites excluding steroid dienone is 2. The Morgan fingerprint density at radius 3 is 2.17 bits per heavy atom. The van der Waals surface area contributed by atoms with E-state index in [4.69, 9.17) is 0 Å². The number of fused-ring (bicyclic) bond motifs is 7. The van der Waals surface area contributed by atoms with Crippen molar-refractivity contribution < 1.29 is 29.1 Å². The van der Waals surface area contributed by atoms with Crippen LogP contribution < -0.4 is 15.5 Å². The first-order chi connectivity index (χ1) is 30.0. The molecule has 5 saturated carbocycles. The van der Waals surface area contributed by atoms with Gasteiger partial charge in [0, 0.05) is 74.6 Å². The van der Waals surface area contributed by atoms with Gasteiger partial charge in [0.15, 0.2) is 5.78 Å². The molecular weight excluding hydrogens is 801 g/mol. The summed E-state index contributed by atoms with van der Waals surface area (Å²) in [6.45, 7) is 24.4. The number of carbonyl (C=O) groups excluding carboxylic acids is 4. The first kappa shape index (κ1) is 47.0. The average molecular weight is 881 g/mol. The molecular formula is C54H80N4O6. The third-order valence-corrected chi connectivity index (χ3v) is 19.6. The fourth-order valence-electron chi connectivity index (χ4n) is 16.0. The Morgan fingerprint density at radius 2 is 1.53 bits per heavy atom. The SMILES string of the molecule is CC(C)C1=C2C3CCC4C(C)(CCC5C(C)(C)C(CC(=O)C6CC(C(=O)O)C6C)CCC54C)C3CCC2(CC(=O)NCC(C)(C)NC(=O)c2ccc(N3CCN(C)CC3)cc2)CC1=O. The van der Waals surface area contributed by atoms with Gasteiger partial charge >= 0.3 is 5.97 Å². The van der Waals surface area contributed by atoms with Crippen molar-refractivity contribution in [3.8, 4) is 0 Å². The predicted octanol–water partition coefficient (Wildman–Crippen LogP) is 8.98. The van der Waals surface area contributed by atoms with Crippen LogP contribution in [0, 0.1) is 74.9 Å².